The average Bonchev–Trinajstić information content (AvgIpc) is 2.37. The number of nitrogens with one attached hydrogen (secondary N) is 1. The van der Waals surface area contributed by atoms with E-state index in [4.69, 9.17) is 4.74 Å². The minimum atomic E-state index is -0.504. The van der Waals surface area contributed by atoms with Crippen molar-refractivity contribution in [2.45, 2.75) is 39.2 Å². The third kappa shape index (κ3) is 7.34. The van der Waals surface area contributed by atoms with Crippen LogP contribution in [0.3, 0.4) is 0 Å². The van der Waals surface area contributed by atoms with Gasteiger partial charge in [-0.15, -0.1) is 0 Å². The maximum Gasteiger partial charge on any atom is 0.410 e. The van der Waals surface area contributed by atoms with Crippen LogP contribution in [0.25, 0.3) is 0 Å². The van der Waals surface area contributed by atoms with Gasteiger partial charge in [0.25, 0.3) is 0 Å². The molecule has 0 radical (unpaired) electrons. The molecule has 2 amide bonds. The second-order valence-corrected chi connectivity index (χ2v) is 5.92. The number of hydrogen-bond acceptors (Lipinski definition) is 3. The Morgan fingerprint density at radius 1 is 1.19 bits per heavy atom. The molecule has 21 heavy (non-hydrogen) atoms. The van der Waals surface area contributed by atoms with Crippen molar-refractivity contribution in [3.05, 3.63) is 30.3 Å². The van der Waals surface area contributed by atoms with E-state index >= 15 is 0 Å². The summed E-state index contributed by atoms with van der Waals surface area (Å²) in [6.45, 7) is 5.96. The number of nitrogens with zero attached hydrogens (tertiary/aromatic N) is 1. The van der Waals surface area contributed by atoms with Crippen LogP contribution in [-0.4, -0.2) is 36.1 Å². The van der Waals surface area contributed by atoms with Gasteiger partial charge in [-0.1, -0.05) is 18.2 Å². The second-order valence-electron chi connectivity index (χ2n) is 5.92. The minimum absolute atomic E-state index is 0.0567. The number of para-hydroxylation sites is 1. The number of hydrogen-bond donors (Lipinski definition) is 1. The molecule has 0 aliphatic carbocycles. The summed E-state index contributed by atoms with van der Waals surface area (Å²) in [4.78, 5) is 25.0. The number of carbonyl (C=O) groups excluding carboxylic acids is 2. The summed E-state index contributed by atoms with van der Waals surface area (Å²) >= 11 is 0. The topological polar surface area (TPSA) is 58.6 Å². The van der Waals surface area contributed by atoms with Crippen molar-refractivity contribution in [1.29, 1.82) is 0 Å². The van der Waals surface area contributed by atoms with Crippen LogP contribution in [0.1, 0.15) is 33.6 Å². The lowest BCUT2D eigenvalue weighted by atomic mass is 10.2. The molecule has 1 aromatic rings. The van der Waals surface area contributed by atoms with Gasteiger partial charge in [-0.2, -0.15) is 0 Å². The third-order valence-electron chi connectivity index (χ3n) is 2.66. The highest BCUT2D eigenvalue weighted by Gasteiger charge is 2.19. The predicted octanol–water partition coefficient (Wildman–Crippen LogP) is 3.27. The maximum atomic E-state index is 11.7. The Kier molecular flexibility index (Phi) is 6.21. The quantitative estimate of drug-likeness (QED) is 0.906. The van der Waals surface area contributed by atoms with E-state index in [2.05, 4.69) is 5.32 Å². The highest BCUT2D eigenvalue weighted by Crippen LogP contribution is 2.10. The molecule has 0 saturated carbocycles. The van der Waals surface area contributed by atoms with Crippen molar-refractivity contribution >= 4 is 17.7 Å². The third-order valence-corrected chi connectivity index (χ3v) is 2.66. The highest BCUT2D eigenvalue weighted by molar-refractivity contribution is 5.90. The maximum absolute atomic E-state index is 11.7. The molecular formula is C16H24N2O3. The Balaban J connectivity index is 2.26. The zero-order valence-electron chi connectivity index (χ0n) is 13.2. The summed E-state index contributed by atoms with van der Waals surface area (Å²) in [5.41, 5.74) is 0.277. The SMILES string of the molecule is CN(CCCC(=O)Nc1ccccc1)C(=O)OC(C)(C)C. The van der Waals surface area contributed by atoms with Gasteiger partial charge in [0.1, 0.15) is 5.60 Å². The van der Waals surface area contributed by atoms with Gasteiger partial charge in [0.15, 0.2) is 0 Å². The van der Waals surface area contributed by atoms with Gasteiger partial charge in [0.2, 0.25) is 5.91 Å². The Hall–Kier alpha value is -2.04. The molecule has 0 aliphatic heterocycles. The molecule has 1 N–H and O–H groups in total. The normalized spacial score (nSPS) is 10.9. The van der Waals surface area contributed by atoms with Crippen LogP contribution in [0.15, 0.2) is 30.3 Å². The molecule has 1 aromatic carbocycles. The smallest absolute Gasteiger partial charge is 0.410 e. The Bertz CT molecular complexity index is 466. The summed E-state index contributed by atoms with van der Waals surface area (Å²) in [5.74, 6) is -0.0567. The molecule has 5 nitrogen and oxygen atoms in total. The first kappa shape index (κ1) is 17.0. The summed E-state index contributed by atoms with van der Waals surface area (Å²) in [7, 11) is 1.67. The molecule has 1 rings (SSSR count). The van der Waals surface area contributed by atoms with Crippen LogP contribution < -0.4 is 5.32 Å². The van der Waals surface area contributed by atoms with Crippen molar-refractivity contribution in [2.75, 3.05) is 18.9 Å². The largest absolute Gasteiger partial charge is 0.444 e. The summed E-state index contributed by atoms with van der Waals surface area (Å²) in [6.07, 6.45) is 0.585. The molecule has 5 heteroatoms. The molecule has 0 fully saturated rings. The summed E-state index contributed by atoms with van der Waals surface area (Å²) in [6, 6.07) is 9.30. The van der Waals surface area contributed by atoms with E-state index in [1.54, 1.807) is 7.05 Å². The molecule has 0 saturated heterocycles. The van der Waals surface area contributed by atoms with Gasteiger partial charge < -0.3 is 15.0 Å². The van der Waals surface area contributed by atoms with Crippen molar-refractivity contribution in [3.63, 3.8) is 0 Å². The fourth-order valence-corrected chi connectivity index (χ4v) is 1.65. The van der Waals surface area contributed by atoms with Crippen molar-refractivity contribution in [2.24, 2.45) is 0 Å². The van der Waals surface area contributed by atoms with Gasteiger partial charge in [0.05, 0.1) is 0 Å². The molecule has 0 atom stereocenters. The Morgan fingerprint density at radius 2 is 1.81 bits per heavy atom. The molecular weight excluding hydrogens is 268 g/mol. The molecule has 0 aromatic heterocycles. The van der Waals surface area contributed by atoms with E-state index in [9.17, 15) is 9.59 Å². The van der Waals surface area contributed by atoms with Gasteiger partial charge >= 0.3 is 6.09 Å². The molecule has 0 unspecified atom stereocenters. The number of benzene rings is 1. The van der Waals surface area contributed by atoms with Crippen molar-refractivity contribution in [1.82, 2.24) is 4.90 Å². The van der Waals surface area contributed by atoms with Crippen molar-refractivity contribution in [3.8, 4) is 0 Å². The van der Waals surface area contributed by atoms with E-state index in [0.717, 1.165) is 5.69 Å². The fraction of sp³-hybridized carbons (Fsp3) is 0.500. The van der Waals surface area contributed by atoms with Crippen molar-refractivity contribution < 1.29 is 14.3 Å². The standard InChI is InChI=1S/C16H24N2O3/c1-16(2,3)21-15(20)18(4)12-8-11-14(19)17-13-9-6-5-7-10-13/h5-7,9-10H,8,11-12H2,1-4H3,(H,17,19). The lowest BCUT2D eigenvalue weighted by Gasteiger charge is -2.24. The zero-order valence-corrected chi connectivity index (χ0v) is 13.2. The molecule has 116 valence electrons. The van der Waals surface area contributed by atoms with Crippen LogP contribution in [0.4, 0.5) is 10.5 Å². The molecule has 0 spiro atoms. The number of ether oxygens (including phenoxy) is 1. The van der Waals surface area contributed by atoms with Gasteiger partial charge in [0, 0.05) is 25.7 Å². The zero-order chi connectivity index (χ0) is 15.9. The summed E-state index contributed by atoms with van der Waals surface area (Å²) in [5, 5.41) is 2.81. The van der Waals surface area contributed by atoms with E-state index in [0.29, 0.717) is 19.4 Å². The van der Waals surface area contributed by atoms with Crippen LogP contribution in [-0.2, 0) is 9.53 Å². The van der Waals surface area contributed by atoms with Crippen LogP contribution in [0.2, 0.25) is 0 Å². The predicted molar refractivity (Wildman–Crippen MR) is 83.2 cm³/mol. The molecule has 0 aliphatic rings. The Labute approximate surface area is 126 Å². The molecule has 0 bridgehead atoms. The van der Waals surface area contributed by atoms with Gasteiger partial charge in [-0.25, -0.2) is 4.79 Å². The highest BCUT2D eigenvalue weighted by atomic mass is 16.6. The number of amides is 2. The van der Waals surface area contributed by atoms with Crippen LogP contribution in [0.5, 0.6) is 0 Å². The number of rotatable bonds is 5. The van der Waals surface area contributed by atoms with Crippen LogP contribution in [0, 0.1) is 0 Å². The first-order valence-corrected chi connectivity index (χ1v) is 7.07. The molecule has 0 heterocycles. The van der Waals surface area contributed by atoms with E-state index in [1.165, 1.54) is 4.90 Å². The first-order chi connectivity index (χ1) is 9.78. The fourth-order valence-electron chi connectivity index (χ4n) is 1.65. The lowest BCUT2D eigenvalue weighted by Crippen LogP contribution is -2.35. The van der Waals surface area contributed by atoms with Gasteiger partial charge in [-0.05, 0) is 39.3 Å². The van der Waals surface area contributed by atoms with E-state index in [-0.39, 0.29) is 12.0 Å². The van der Waals surface area contributed by atoms with E-state index in [1.807, 2.05) is 51.1 Å². The lowest BCUT2D eigenvalue weighted by molar-refractivity contribution is -0.116. The first-order valence-electron chi connectivity index (χ1n) is 7.07. The average molecular weight is 292 g/mol. The monoisotopic (exact) mass is 292 g/mol. The second kappa shape index (κ2) is 7.67. The Morgan fingerprint density at radius 3 is 2.38 bits per heavy atom. The van der Waals surface area contributed by atoms with E-state index < -0.39 is 5.60 Å². The van der Waals surface area contributed by atoms with Crippen LogP contribution >= 0.6 is 0 Å². The number of carbonyl (C=O) groups is 2. The number of anilines is 1. The summed E-state index contributed by atoms with van der Waals surface area (Å²) < 4.78 is 5.24. The van der Waals surface area contributed by atoms with Gasteiger partial charge in [-0.3, -0.25) is 4.79 Å². The minimum Gasteiger partial charge on any atom is -0.444 e.